The Hall–Kier alpha value is -3.01. The summed E-state index contributed by atoms with van der Waals surface area (Å²) in [6.45, 7) is 2.18. The molecule has 7 nitrogen and oxygen atoms in total. The van der Waals surface area contributed by atoms with E-state index in [1.807, 2.05) is 78.2 Å². The number of hydrogen-bond donors (Lipinski definition) is 2. The lowest BCUT2D eigenvalue weighted by Gasteiger charge is -2.14. The van der Waals surface area contributed by atoms with Crippen molar-refractivity contribution < 1.29 is 9.53 Å². The van der Waals surface area contributed by atoms with Gasteiger partial charge in [0.15, 0.2) is 11.0 Å². The standard InChI is InChI=1S/C25H23BrClN5O2S/c1-16-6-9-19(27)13-22(16)32-23(14-28-24(33)29-20-10-7-18(26)8-11-20)30-31-25(32)35-15-17-4-3-5-21(12-17)34-2/h3-13H,14-15H2,1-2H3,(H2,28,29,33). The van der Waals surface area contributed by atoms with Gasteiger partial charge in [-0.25, -0.2) is 4.79 Å². The van der Waals surface area contributed by atoms with Gasteiger partial charge in [0.25, 0.3) is 0 Å². The first kappa shape index (κ1) is 25.1. The lowest BCUT2D eigenvalue weighted by molar-refractivity contribution is 0.251. The van der Waals surface area contributed by atoms with Crippen molar-refractivity contribution in [2.24, 2.45) is 0 Å². The van der Waals surface area contributed by atoms with Gasteiger partial charge in [-0.15, -0.1) is 10.2 Å². The number of nitrogens with one attached hydrogen (secondary N) is 2. The normalized spacial score (nSPS) is 10.7. The molecule has 0 saturated heterocycles. The molecular weight excluding hydrogens is 550 g/mol. The first-order chi connectivity index (χ1) is 16.9. The number of rotatable bonds is 8. The Labute approximate surface area is 221 Å². The second kappa shape index (κ2) is 11.6. The highest BCUT2D eigenvalue weighted by Crippen LogP contribution is 2.29. The molecule has 0 aliphatic rings. The van der Waals surface area contributed by atoms with E-state index < -0.39 is 0 Å². The molecule has 4 aromatic rings. The fraction of sp³-hybridized carbons (Fsp3) is 0.160. The van der Waals surface area contributed by atoms with Crippen LogP contribution in [0.4, 0.5) is 10.5 Å². The third kappa shape index (κ3) is 6.56. The topological polar surface area (TPSA) is 81.1 Å². The lowest BCUT2D eigenvalue weighted by atomic mass is 10.2. The van der Waals surface area contributed by atoms with Gasteiger partial charge in [-0.05, 0) is 66.6 Å². The molecule has 0 bridgehead atoms. The number of benzene rings is 3. The predicted octanol–water partition coefficient (Wildman–Crippen LogP) is 6.61. The highest BCUT2D eigenvalue weighted by Gasteiger charge is 2.17. The summed E-state index contributed by atoms with van der Waals surface area (Å²) >= 11 is 11.2. The molecule has 2 amide bonds. The Morgan fingerprint density at radius 2 is 1.91 bits per heavy atom. The van der Waals surface area contributed by atoms with Gasteiger partial charge in [-0.1, -0.05) is 57.5 Å². The molecule has 35 heavy (non-hydrogen) atoms. The number of urea groups is 1. The summed E-state index contributed by atoms with van der Waals surface area (Å²) < 4.78 is 8.20. The second-order valence-electron chi connectivity index (χ2n) is 7.62. The maximum atomic E-state index is 12.5. The summed E-state index contributed by atoms with van der Waals surface area (Å²) in [5.74, 6) is 2.07. The minimum absolute atomic E-state index is 0.182. The third-order valence-electron chi connectivity index (χ3n) is 5.12. The average molecular weight is 573 g/mol. The summed E-state index contributed by atoms with van der Waals surface area (Å²) in [5, 5.41) is 15.8. The molecule has 0 radical (unpaired) electrons. The van der Waals surface area contributed by atoms with Gasteiger partial charge >= 0.3 is 6.03 Å². The zero-order valence-corrected chi connectivity index (χ0v) is 22.2. The van der Waals surface area contributed by atoms with Crippen molar-refractivity contribution in [1.29, 1.82) is 0 Å². The molecule has 0 saturated carbocycles. The molecule has 0 atom stereocenters. The van der Waals surface area contributed by atoms with E-state index in [2.05, 4.69) is 36.8 Å². The third-order valence-corrected chi connectivity index (χ3v) is 6.89. The van der Waals surface area contributed by atoms with Crippen molar-refractivity contribution in [2.45, 2.75) is 24.4 Å². The first-order valence-electron chi connectivity index (χ1n) is 10.7. The first-order valence-corrected chi connectivity index (χ1v) is 12.9. The van der Waals surface area contributed by atoms with Gasteiger partial charge in [0.05, 0.1) is 19.3 Å². The quantitative estimate of drug-likeness (QED) is 0.232. The summed E-state index contributed by atoms with van der Waals surface area (Å²) in [4.78, 5) is 12.5. The molecule has 0 aliphatic heterocycles. The monoisotopic (exact) mass is 571 g/mol. The Kier molecular flexibility index (Phi) is 8.33. The maximum Gasteiger partial charge on any atom is 0.319 e. The van der Waals surface area contributed by atoms with E-state index in [1.165, 1.54) is 0 Å². The molecule has 0 aliphatic carbocycles. The lowest BCUT2D eigenvalue weighted by Crippen LogP contribution is -2.29. The van der Waals surface area contributed by atoms with Crippen molar-refractivity contribution in [3.8, 4) is 11.4 Å². The number of hydrogen-bond acceptors (Lipinski definition) is 5. The van der Waals surface area contributed by atoms with E-state index in [0.717, 1.165) is 27.0 Å². The van der Waals surface area contributed by atoms with Crippen LogP contribution in [0.5, 0.6) is 5.75 Å². The molecule has 10 heteroatoms. The van der Waals surface area contributed by atoms with Crippen LogP contribution in [-0.2, 0) is 12.3 Å². The van der Waals surface area contributed by atoms with Crippen LogP contribution in [0.25, 0.3) is 5.69 Å². The van der Waals surface area contributed by atoms with Gasteiger partial charge in [0.2, 0.25) is 0 Å². The molecule has 0 fully saturated rings. The van der Waals surface area contributed by atoms with E-state index in [-0.39, 0.29) is 12.6 Å². The largest absolute Gasteiger partial charge is 0.497 e. The van der Waals surface area contributed by atoms with Crippen LogP contribution in [0.3, 0.4) is 0 Å². The second-order valence-corrected chi connectivity index (χ2v) is 9.91. The van der Waals surface area contributed by atoms with Crippen molar-refractivity contribution >= 4 is 51.0 Å². The number of thioether (sulfide) groups is 1. The van der Waals surface area contributed by atoms with Crippen molar-refractivity contribution in [3.63, 3.8) is 0 Å². The van der Waals surface area contributed by atoms with Gasteiger partial charge in [-0.2, -0.15) is 0 Å². The fourth-order valence-corrected chi connectivity index (χ4v) is 4.69. The van der Waals surface area contributed by atoms with Crippen LogP contribution in [-0.4, -0.2) is 27.9 Å². The summed E-state index contributed by atoms with van der Waals surface area (Å²) in [7, 11) is 1.65. The molecule has 1 heterocycles. The summed E-state index contributed by atoms with van der Waals surface area (Å²) in [6.07, 6.45) is 0. The smallest absolute Gasteiger partial charge is 0.319 e. The zero-order chi connectivity index (χ0) is 24.8. The minimum atomic E-state index is -0.338. The SMILES string of the molecule is COc1cccc(CSc2nnc(CNC(=O)Nc3ccc(Br)cc3)n2-c2cc(Cl)ccc2C)c1. The van der Waals surface area contributed by atoms with E-state index in [9.17, 15) is 4.79 Å². The molecule has 0 spiro atoms. The average Bonchev–Trinajstić information content (AvgIpc) is 3.27. The molecule has 2 N–H and O–H groups in total. The van der Waals surface area contributed by atoms with Crippen LogP contribution < -0.4 is 15.4 Å². The summed E-state index contributed by atoms with van der Waals surface area (Å²) in [6, 6.07) is 20.6. The molecule has 1 aromatic heterocycles. The van der Waals surface area contributed by atoms with E-state index in [0.29, 0.717) is 27.4 Å². The van der Waals surface area contributed by atoms with Gasteiger partial charge in [0, 0.05) is 20.9 Å². The number of carbonyl (C=O) groups is 1. The Morgan fingerprint density at radius 1 is 1.11 bits per heavy atom. The molecule has 180 valence electrons. The van der Waals surface area contributed by atoms with Crippen LogP contribution >= 0.6 is 39.3 Å². The highest BCUT2D eigenvalue weighted by atomic mass is 79.9. The van der Waals surface area contributed by atoms with Gasteiger partial charge in [-0.3, -0.25) is 4.57 Å². The number of carbonyl (C=O) groups excluding carboxylic acids is 1. The molecular formula is C25H23BrClN5O2S. The van der Waals surface area contributed by atoms with Crippen LogP contribution in [0.15, 0.2) is 76.4 Å². The van der Waals surface area contributed by atoms with E-state index in [4.69, 9.17) is 16.3 Å². The number of halogens is 2. The van der Waals surface area contributed by atoms with E-state index >= 15 is 0 Å². The number of amides is 2. The van der Waals surface area contributed by atoms with Crippen molar-refractivity contribution in [3.05, 3.63) is 93.2 Å². The van der Waals surface area contributed by atoms with Crippen LogP contribution in [0, 0.1) is 6.92 Å². The van der Waals surface area contributed by atoms with Crippen LogP contribution in [0.2, 0.25) is 5.02 Å². The Bertz CT molecular complexity index is 1330. The number of aryl methyl sites for hydroxylation is 1. The number of anilines is 1. The van der Waals surface area contributed by atoms with E-state index in [1.54, 1.807) is 18.9 Å². The summed E-state index contributed by atoms with van der Waals surface area (Å²) in [5.41, 5.74) is 3.66. The number of ether oxygens (including phenoxy) is 1. The highest BCUT2D eigenvalue weighted by molar-refractivity contribution is 9.10. The number of nitrogens with zero attached hydrogens (tertiary/aromatic N) is 3. The van der Waals surface area contributed by atoms with Crippen molar-refractivity contribution in [2.75, 3.05) is 12.4 Å². The Morgan fingerprint density at radius 3 is 2.69 bits per heavy atom. The van der Waals surface area contributed by atoms with Gasteiger partial charge < -0.3 is 15.4 Å². The Balaban J connectivity index is 1.55. The molecule has 0 unspecified atom stereocenters. The van der Waals surface area contributed by atoms with Crippen molar-refractivity contribution in [1.82, 2.24) is 20.1 Å². The fourth-order valence-electron chi connectivity index (χ4n) is 3.35. The van der Waals surface area contributed by atoms with Gasteiger partial charge in [0.1, 0.15) is 5.75 Å². The molecule has 3 aromatic carbocycles. The molecule has 4 rings (SSSR count). The number of methoxy groups -OCH3 is 1. The van der Waals surface area contributed by atoms with Crippen LogP contribution in [0.1, 0.15) is 17.0 Å². The minimum Gasteiger partial charge on any atom is -0.497 e. The number of aromatic nitrogens is 3. The predicted molar refractivity (Wildman–Crippen MR) is 144 cm³/mol. The zero-order valence-electron chi connectivity index (χ0n) is 19.1. The maximum absolute atomic E-state index is 12.5.